The number of nitrogens with one attached hydrogen (secondary N) is 1. The Balaban J connectivity index is 2.37. The number of benzene rings is 1. The minimum absolute atomic E-state index is 0.158. The summed E-state index contributed by atoms with van der Waals surface area (Å²) >= 11 is 0. The minimum Gasteiger partial charge on any atom is -0.494 e. The summed E-state index contributed by atoms with van der Waals surface area (Å²) in [5.74, 6) is 0.940. The van der Waals surface area contributed by atoms with Gasteiger partial charge >= 0.3 is 0 Å². The van der Waals surface area contributed by atoms with Crippen LogP contribution in [0.2, 0.25) is 0 Å². The molecule has 1 aromatic rings. The molecule has 0 aliphatic carbocycles. The Bertz CT molecular complexity index is 353. The van der Waals surface area contributed by atoms with Crippen LogP contribution in [-0.4, -0.2) is 30.9 Å². The largest absolute Gasteiger partial charge is 0.494 e. The van der Waals surface area contributed by atoms with Crippen LogP contribution >= 0.6 is 0 Å². The van der Waals surface area contributed by atoms with Gasteiger partial charge in [0, 0.05) is 5.54 Å². The molecule has 3 nitrogen and oxygen atoms in total. The van der Waals surface area contributed by atoms with E-state index in [2.05, 4.69) is 31.3 Å². The van der Waals surface area contributed by atoms with E-state index in [0.717, 1.165) is 31.4 Å². The highest BCUT2D eigenvalue weighted by Crippen LogP contribution is 2.18. The molecule has 1 atom stereocenters. The van der Waals surface area contributed by atoms with E-state index in [0.29, 0.717) is 6.61 Å². The van der Waals surface area contributed by atoms with Gasteiger partial charge < -0.3 is 15.2 Å². The first-order valence-corrected chi connectivity index (χ1v) is 7.21. The van der Waals surface area contributed by atoms with Crippen LogP contribution in [0, 0.1) is 0 Å². The van der Waals surface area contributed by atoms with Crippen molar-refractivity contribution in [3.05, 3.63) is 29.8 Å². The third kappa shape index (κ3) is 4.84. The number of rotatable bonds is 9. The Morgan fingerprint density at radius 2 is 2.11 bits per heavy atom. The van der Waals surface area contributed by atoms with Gasteiger partial charge in [0.1, 0.15) is 5.75 Å². The Morgan fingerprint density at radius 3 is 2.68 bits per heavy atom. The summed E-state index contributed by atoms with van der Waals surface area (Å²) < 4.78 is 5.77. The summed E-state index contributed by atoms with van der Waals surface area (Å²) in [7, 11) is 1.91. The van der Waals surface area contributed by atoms with E-state index in [1.54, 1.807) is 0 Å². The molecule has 19 heavy (non-hydrogen) atoms. The molecule has 0 aromatic heterocycles. The van der Waals surface area contributed by atoms with Crippen LogP contribution in [0.25, 0.3) is 0 Å². The number of likely N-dealkylation sites (N-methyl/N-ethyl adjacent to an activating group) is 1. The smallest absolute Gasteiger partial charge is 0.119 e. The SMILES string of the molecule is CCc1cccc(OCCCC(CC)(CO)NC)c1. The lowest BCUT2D eigenvalue weighted by molar-refractivity contribution is 0.145. The summed E-state index contributed by atoms with van der Waals surface area (Å²) in [6, 6.07) is 8.24. The molecule has 0 fully saturated rings. The number of aryl methyl sites for hydroxylation is 1. The van der Waals surface area contributed by atoms with Gasteiger partial charge in [-0.1, -0.05) is 26.0 Å². The van der Waals surface area contributed by atoms with Gasteiger partial charge in [0.05, 0.1) is 13.2 Å². The second kappa shape index (κ2) is 8.18. The van der Waals surface area contributed by atoms with Crippen LogP contribution in [0.3, 0.4) is 0 Å². The minimum atomic E-state index is -0.158. The lowest BCUT2D eigenvalue weighted by Gasteiger charge is -2.30. The van der Waals surface area contributed by atoms with Gasteiger partial charge in [-0.25, -0.2) is 0 Å². The van der Waals surface area contributed by atoms with Crippen molar-refractivity contribution in [3.8, 4) is 5.75 Å². The lowest BCUT2D eigenvalue weighted by atomic mass is 9.92. The average Bonchev–Trinajstić information content (AvgIpc) is 2.48. The quantitative estimate of drug-likeness (QED) is 0.675. The molecule has 1 aromatic carbocycles. The van der Waals surface area contributed by atoms with Crippen LogP contribution in [0.1, 0.15) is 38.7 Å². The van der Waals surface area contributed by atoms with E-state index < -0.39 is 0 Å². The van der Waals surface area contributed by atoms with Gasteiger partial charge in [0.15, 0.2) is 0 Å². The maximum absolute atomic E-state index is 9.46. The fourth-order valence-electron chi connectivity index (χ4n) is 2.20. The van der Waals surface area contributed by atoms with Crippen LogP contribution in [0.4, 0.5) is 0 Å². The van der Waals surface area contributed by atoms with Crippen molar-refractivity contribution in [1.29, 1.82) is 0 Å². The van der Waals surface area contributed by atoms with Crippen molar-refractivity contribution in [3.63, 3.8) is 0 Å². The second-order valence-corrected chi connectivity index (χ2v) is 4.99. The maximum Gasteiger partial charge on any atom is 0.119 e. The molecule has 108 valence electrons. The standard InChI is InChI=1S/C16H27NO2/c1-4-14-8-6-9-15(12-14)19-11-7-10-16(5-2,13-18)17-3/h6,8-9,12,17-18H,4-5,7,10-11,13H2,1-3H3. The predicted octanol–water partition coefficient (Wildman–Crippen LogP) is 2.77. The molecular weight excluding hydrogens is 238 g/mol. The zero-order chi connectivity index (χ0) is 14.1. The molecule has 2 N–H and O–H groups in total. The van der Waals surface area contributed by atoms with Crippen molar-refractivity contribution in [2.45, 2.75) is 45.1 Å². The van der Waals surface area contributed by atoms with Gasteiger partial charge in [0.2, 0.25) is 0 Å². The second-order valence-electron chi connectivity index (χ2n) is 4.99. The summed E-state index contributed by atoms with van der Waals surface area (Å²) in [5, 5.41) is 12.7. The number of aliphatic hydroxyl groups is 1. The molecule has 1 unspecified atom stereocenters. The highest BCUT2D eigenvalue weighted by atomic mass is 16.5. The predicted molar refractivity (Wildman–Crippen MR) is 79.7 cm³/mol. The van der Waals surface area contributed by atoms with Crippen molar-refractivity contribution >= 4 is 0 Å². The zero-order valence-electron chi connectivity index (χ0n) is 12.4. The molecule has 0 radical (unpaired) electrons. The highest BCUT2D eigenvalue weighted by Gasteiger charge is 2.24. The van der Waals surface area contributed by atoms with Crippen LogP contribution in [-0.2, 0) is 6.42 Å². The Hall–Kier alpha value is -1.06. The lowest BCUT2D eigenvalue weighted by Crippen LogP contribution is -2.46. The zero-order valence-corrected chi connectivity index (χ0v) is 12.4. The van der Waals surface area contributed by atoms with E-state index >= 15 is 0 Å². The molecule has 0 bridgehead atoms. The number of hydrogen-bond donors (Lipinski definition) is 2. The molecule has 3 heteroatoms. The van der Waals surface area contributed by atoms with Crippen LogP contribution < -0.4 is 10.1 Å². The normalized spacial score (nSPS) is 14.1. The Morgan fingerprint density at radius 1 is 1.32 bits per heavy atom. The van der Waals surface area contributed by atoms with E-state index in [9.17, 15) is 5.11 Å². The number of ether oxygens (including phenoxy) is 1. The topological polar surface area (TPSA) is 41.5 Å². The van der Waals surface area contributed by atoms with Crippen molar-refractivity contribution < 1.29 is 9.84 Å². The van der Waals surface area contributed by atoms with Crippen molar-refractivity contribution in [2.75, 3.05) is 20.3 Å². The third-order valence-electron chi connectivity index (χ3n) is 3.88. The van der Waals surface area contributed by atoms with Crippen LogP contribution in [0.15, 0.2) is 24.3 Å². The maximum atomic E-state index is 9.46. The number of aliphatic hydroxyl groups excluding tert-OH is 1. The summed E-state index contributed by atoms with van der Waals surface area (Å²) in [5.41, 5.74) is 1.14. The van der Waals surface area contributed by atoms with Gasteiger partial charge in [-0.05, 0) is 50.4 Å². The Kier molecular flexibility index (Phi) is 6.89. The van der Waals surface area contributed by atoms with Crippen molar-refractivity contribution in [1.82, 2.24) is 5.32 Å². The molecule has 0 aliphatic rings. The summed E-state index contributed by atoms with van der Waals surface area (Å²) in [4.78, 5) is 0. The van der Waals surface area contributed by atoms with Gasteiger partial charge in [-0.2, -0.15) is 0 Å². The monoisotopic (exact) mass is 265 g/mol. The molecular formula is C16H27NO2. The van der Waals surface area contributed by atoms with Gasteiger partial charge in [-0.15, -0.1) is 0 Å². The summed E-state index contributed by atoms with van der Waals surface area (Å²) in [6.45, 7) is 5.10. The Labute approximate surface area is 117 Å². The first-order valence-electron chi connectivity index (χ1n) is 7.21. The first kappa shape index (κ1) is 16.0. The molecule has 0 aliphatic heterocycles. The molecule has 0 saturated carbocycles. The molecule has 0 spiro atoms. The van der Waals surface area contributed by atoms with Crippen molar-refractivity contribution in [2.24, 2.45) is 0 Å². The van der Waals surface area contributed by atoms with E-state index in [-0.39, 0.29) is 12.1 Å². The van der Waals surface area contributed by atoms with Gasteiger partial charge in [0.25, 0.3) is 0 Å². The molecule has 0 amide bonds. The van der Waals surface area contributed by atoms with E-state index in [1.807, 2.05) is 19.2 Å². The fraction of sp³-hybridized carbons (Fsp3) is 0.625. The fourth-order valence-corrected chi connectivity index (χ4v) is 2.20. The van der Waals surface area contributed by atoms with E-state index in [1.165, 1.54) is 5.56 Å². The van der Waals surface area contributed by atoms with Gasteiger partial charge in [-0.3, -0.25) is 0 Å². The van der Waals surface area contributed by atoms with Crippen LogP contribution in [0.5, 0.6) is 5.75 Å². The highest BCUT2D eigenvalue weighted by molar-refractivity contribution is 5.28. The first-order chi connectivity index (χ1) is 9.19. The molecule has 1 rings (SSSR count). The molecule has 0 saturated heterocycles. The summed E-state index contributed by atoms with van der Waals surface area (Å²) in [6.07, 6.45) is 3.81. The van der Waals surface area contributed by atoms with E-state index in [4.69, 9.17) is 4.74 Å². The average molecular weight is 265 g/mol. The number of hydrogen-bond acceptors (Lipinski definition) is 3. The molecule has 0 heterocycles. The third-order valence-corrected chi connectivity index (χ3v) is 3.88.